The van der Waals surface area contributed by atoms with Crippen molar-refractivity contribution in [3.8, 4) is 11.8 Å². The van der Waals surface area contributed by atoms with Crippen molar-refractivity contribution in [2.45, 2.75) is 32.9 Å². The number of rotatable bonds is 8. The molecule has 1 atom stereocenters. The highest BCUT2D eigenvalue weighted by molar-refractivity contribution is 5.73. The van der Waals surface area contributed by atoms with Crippen LogP contribution in [0.4, 0.5) is 0 Å². The zero-order valence-corrected chi connectivity index (χ0v) is 11.8. The Bertz CT molecular complexity index is 480. The summed E-state index contributed by atoms with van der Waals surface area (Å²) in [6, 6.07) is 8.63. The van der Waals surface area contributed by atoms with Gasteiger partial charge in [-0.05, 0) is 30.0 Å². The second kappa shape index (κ2) is 8.18. The molecular formula is C15H20N2O3. The number of hydrogen-bond donors (Lipinski definition) is 2. The van der Waals surface area contributed by atoms with Gasteiger partial charge in [0.15, 0.2) is 6.61 Å². The first-order valence-electron chi connectivity index (χ1n) is 6.57. The van der Waals surface area contributed by atoms with E-state index in [1.54, 1.807) is 12.1 Å². The Morgan fingerprint density at radius 3 is 2.85 bits per heavy atom. The number of carbonyl (C=O) groups is 1. The molecule has 0 saturated heterocycles. The molecule has 0 radical (unpaired) electrons. The van der Waals surface area contributed by atoms with E-state index < -0.39 is 12.0 Å². The topological polar surface area (TPSA) is 82.3 Å². The first-order chi connectivity index (χ1) is 9.52. The smallest absolute Gasteiger partial charge is 0.320 e. The summed E-state index contributed by atoms with van der Waals surface area (Å²) in [6.45, 7) is 4.44. The van der Waals surface area contributed by atoms with Crippen LogP contribution in [0.5, 0.6) is 5.75 Å². The Labute approximate surface area is 119 Å². The zero-order chi connectivity index (χ0) is 15.0. The second-order valence-corrected chi connectivity index (χ2v) is 5.00. The van der Waals surface area contributed by atoms with Crippen LogP contribution in [-0.2, 0) is 11.3 Å². The second-order valence-electron chi connectivity index (χ2n) is 5.00. The molecule has 0 aliphatic rings. The van der Waals surface area contributed by atoms with E-state index in [2.05, 4.69) is 5.32 Å². The number of nitriles is 1. The molecule has 0 spiro atoms. The van der Waals surface area contributed by atoms with Crippen LogP contribution < -0.4 is 10.1 Å². The van der Waals surface area contributed by atoms with Gasteiger partial charge in [0.25, 0.3) is 0 Å². The molecule has 0 amide bonds. The SMILES string of the molecule is CC(C)CC(NCc1cccc(OCC#N)c1)C(=O)O. The maximum Gasteiger partial charge on any atom is 0.320 e. The summed E-state index contributed by atoms with van der Waals surface area (Å²) in [5, 5.41) is 20.6. The molecule has 2 N–H and O–H groups in total. The Morgan fingerprint density at radius 2 is 2.25 bits per heavy atom. The number of ether oxygens (including phenoxy) is 1. The molecule has 1 aromatic rings. The van der Waals surface area contributed by atoms with Gasteiger partial charge < -0.3 is 15.2 Å². The molecule has 0 saturated carbocycles. The van der Waals surface area contributed by atoms with Gasteiger partial charge in [0.05, 0.1) is 0 Å². The average molecular weight is 276 g/mol. The van der Waals surface area contributed by atoms with Crippen LogP contribution in [0.2, 0.25) is 0 Å². The van der Waals surface area contributed by atoms with Crippen molar-refractivity contribution in [3.63, 3.8) is 0 Å². The quantitative estimate of drug-likeness (QED) is 0.760. The van der Waals surface area contributed by atoms with Crippen LogP contribution in [0.3, 0.4) is 0 Å². The summed E-state index contributed by atoms with van der Waals surface area (Å²) >= 11 is 0. The first-order valence-corrected chi connectivity index (χ1v) is 6.57. The standard InChI is InChI=1S/C15H20N2O3/c1-11(2)8-14(15(18)19)17-10-12-4-3-5-13(9-12)20-7-6-16/h3-5,9,11,14,17H,7-8,10H2,1-2H3,(H,18,19). The van der Waals surface area contributed by atoms with E-state index in [0.29, 0.717) is 24.6 Å². The highest BCUT2D eigenvalue weighted by Gasteiger charge is 2.17. The molecule has 1 aromatic carbocycles. The lowest BCUT2D eigenvalue weighted by molar-refractivity contribution is -0.140. The molecule has 108 valence electrons. The van der Waals surface area contributed by atoms with Crippen molar-refractivity contribution < 1.29 is 14.6 Å². The average Bonchev–Trinajstić information content (AvgIpc) is 2.41. The van der Waals surface area contributed by atoms with E-state index in [9.17, 15) is 4.79 Å². The lowest BCUT2D eigenvalue weighted by Gasteiger charge is -2.16. The summed E-state index contributed by atoms with van der Waals surface area (Å²) in [6.07, 6.45) is 0.583. The Kier molecular flexibility index (Phi) is 6.54. The molecule has 0 aliphatic heterocycles. The number of carboxylic acids is 1. The van der Waals surface area contributed by atoms with E-state index in [1.807, 2.05) is 32.0 Å². The van der Waals surface area contributed by atoms with Crippen molar-refractivity contribution >= 4 is 5.97 Å². The third-order valence-electron chi connectivity index (χ3n) is 2.76. The molecule has 0 fully saturated rings. The van der Waals surface area contributed by atoms with E-state index in [4.69, 9.17) is 15.1 Å². The van der Waals surface area contributed by atoms with Crippen LogP contribution in [0.15, 0.2) is 24.3 Å². The minimum atomic E-state index is -0.837. The van der Waals surface area contributed by atoms with Crippen LogP contribution in [0.1, 0.15) is 25.8 Å². The summed E-state index contributed by atoms with van der Waals surface area (Å²) in [5.41, 5.74) is 0.926. The molecule has 20 heavy (non-hydrogen) atoms. The van der Waals surface area contributed by atoms with Gasteiger partial charge in [-0.1, -0.05) is 26.0 Å². The van der Waals surface area contributed by atoms with Crippen LogP contribution >= 0.6 is 0 Å². The van der Waals surface area contributed by atoms with Gasteiger partial charge >= 0.3 is 5.97 Å². The van der Waals surface area contributed by atoms with Gasteiger partial charge in [0.2, 0.25) is 0 Å². The normalized spacial score (nSPS) is 11.9. The Balaban J connectivity index is 2.59. The number of hydrogen-bond acceptors (Lipinski definition) is 4. The molecule has 1 unspecified atom stereocenters. The predicted molar refractivity (Wildman–Crippen MR) is 75.3 cm³/mol. The van der Waals surface area contributed by atoms with Crippen molar-refractivity contribution in [2.24, 2.45) is 5.92 Å². The fraction of sp³-hybridized carbons (Fsp3) is 0.467. The number of aliphatic carboxylic acids is 1. The van der Waals surface area contributed by atoms with Gasteiger partial charge in [-0.25, -0.2) is 0 Å². The number of nitrogens with zero attached hydrogens (tertiary/aromatic N) is 1. The molecule has 0 bridgehead atoms. The minimum Gasteiger partial charge on any atom is -0.480 e. The highest BCUT2D eigenvalue weighted by atomic mass is 16.5. The molecule has 5 heteroatoms. The van der Waals surface area contributed by atoms with Crippen molar-refractivity contribution in [1.82, 2.24) is 5.32 Å². The van der Waals surface area contributed by atoms with Gasteiger partial charge in [-0.15, -0.1) is 0 Å². The minimum absolute atomic E-state index is 0.00197. The lowest BCUT2D eigenvalue weighted by atomic mass is 10.0. The molecule has 0 aromatic heterocycles. The number of nitrogens with one attached hydrogen (secondary N) is 1. The Morgan fingerprint density at radius 1 is 1.50 bits per heavy atom. The Hall–Kier alpha value is -2.06. The maximum absolute atomic E-state index is 11.1. The van der Waals surface area contributed by atoms with Crippen molar-refractivity contribution in [3.05, 3.63) is 29.8 Å². The van der Waals surface area contributed by atoms with Gasteiger partial charge in [-0.3, -0.25) is 4.79 Å². The molecule has 0 aliphatic carbocycles. The van der Waals surface area contributed by atoms with E-state index in [1.165, 1.54) is 0 Å². The fourth-order valence-electron chi connectivity index (χ4n) is 1.84. The predicted octanol–water partition coefficient (Wildman–Crippen LogP) is 2.18. The molecule has 5 nitrogen and oxygen atoms in total. The van der Waals surface area contributed by atoms with E-state index in [0.717, 1.165) is 5.56 Å². The molecule has 1 rings (SSSR count). The monoisotopic (exact) mass is 276 g/mol. The maximum atomic E-state index is 11.1. The van der Waals surface area contributed by atoms with Gasteiger partial charge in [-0.2, -0.15) is 5.26 Å². The van der Waals surface area contributed by atoms with Crippen LogP contribution in [-0.4, -0.2) is 23.7 Å². The summed E-state index contributed by atoms with van der Waals surface area (Å²) in [4.78, 5) is 11.1. The third kappa shape index (κ3) is 5.72. The summed E-state index contributed by atoms with van der Waals surface area (Å²) in [7, 11) is 0. The molecule has 0 heterocycles. The third-order valence-corrected chi connectivity index (χ3v) is 2.76. The molecular weight excluding hydrogens is 256 g/mol. The summed E-state index contributed by atoms with van der Waals surface area (Å²) in [5.74, 6) is 0.0889. The first kappa shape index (κ1) is 16.0. The van der Waals surface area contributed by atoms with Crippen molar-refractivity contribution in [1.29, 1.82) is 5.26 Å². The van der Waals surface area contributed by atoms with E-state index in [-0.39, 0.29) is 6.61 Å². The zero-order valence-electron chi connectivity index (χ0n) is 11.8. The highest BCUT2D eigenvalue weighted by Crippen LogP contribution is 2.14. The van der Waals surface area contributed by atoms with Crippen LogP contribution in [0.25, 0.3) is 0 Å². The summed E-state index contributed by atoms with van der Waals surface area (Å²) < 4.78 is 5.21. The van der Waals surface area contributed by atoms with Crippen molar-refractivity contribution in [2.75, 3.05) is 6.61 Å². The fourth-order valence-corrected chi connectivity index (χ4v) is 1.84. The van der Waals surface area contributed by atoms with E-state index >= 15 is 0 Å². The largest absolute Gasteiger partial charge is 0.480 e. The lowest BCUT2D eigenvalue weighted by Crippen LogP contribution is -2.37. The van der Waals surface area contributed by atoms with Gasteiger partial charge in [0.1, 0.15) is 17.9 Å². The number of carboxylic acid groups (broad SMARTS) is 1. The van der Waals surface area contributed by atoms with Gasteiger partial charge in [0, 0.05) is 6.54 Å². The van der Waals surface area contributed by atoms with Crippen LogP contribution in [0, 0.1) is 17.2 Å². The number of benzene rings is 1.